The molecule has 0 aromatic rings. The summed E-state index contributed by atoms with van der Waals surface area (Å²) in [4.78, 5) is 4.35. The number of aliphatic imine (C=N–C) groups is 1. The van der Waals surface area contributed by atoms with Gasteiger partial charge in [-0.15, -0.1) is 0 Å². The molecule has 0 spiro atoms. The van der Waals surface area contributed by atoms with Crippen LogP contribution in [0.5, 0.6) is 0 Å². The second-order valence-corrected chi connectivity index (χ2v) is 3.82. The van der Waals surface area contributed by atoms with Gasteiger partial charge in [0.25, 0.3) is 0 Å². The highest BCUT2D eigenvalue weighted by atomic mass is 16.5. The van der Waals surface area contributed by atoms with Gasteiger partial charge in [0.05, 0.1) is 24.4 Å². The fourth-order valence-corrected chi connectivity index (χ4v) is 1.86. The van der Waals surface area contributed by atoms with Gasteiger partial charge in [0.15, 0.2) is 0 Å². The van der Waals surface area contributed by atoms with E-state index in [9.17, 15) is 0 Å². The molecule has 0 amide bonds. The summed E-state index contributed by atoms with van der Waals surface area (Å²) in [6, 6.07) is 0. The maximum absolute atomic E-state index is 6.19. The first-order valence-corrected chi connectivity index (χ1v) is 9.03. The molecular formula is C19H40N2O. The van der Waals surface area contributed by atoms with E-state index in [1.54, 1.807) is 0 Å². The molecule has 2 aliphatic rings. The largest absolute Gasteiger partial charge is 0.377 e. The molecule has 3 nitrogen and oxygen atoms in total. The van der Waals surface area contributed by atoms with E-state index in [1.165, 1.54) is 0 Å². The highest BCUT2D eigenvalue weighted by Gasteiger charge is 2.39. The number of nitrogens with zero attached hydrogens (tertiary/aromatic N) is 1. The van der Waals surface area contributed by atoms with Crippen molar-refractivity contribution < 1.29 is 4.74 Å². The summed E-state index contributed by atoms with van der Waals surface area (Å²) in [7, 11) is 0. The molecule has 2 rings (SSSR count). The highest BCUT2D eigenvalue weighted by Crippen LogP contribution is 2.32. The van der Waals surface area contributed by atoms with Crippen LogP contribution in [-0.4, -0.2) is 25.0 Å². The second-order valence-electron chi connectivity index (χ2n) is 3.82. The summed E-state index contributed by atoms with van der Waals surface area (Å²) in [6.45, 7) is 19.2. The van der Waals surface area contributed by atoms with Crippen LogP contribution in [0.15, 0.2) is 28.4 Å². The van der Waals surface area contributed by atoms with E-state index in [4.69, 9.17) is 10.5 Å². The SMILES string of the molecule is CC.CC.CC.CC.CC=NC1=CCCC=C1C1(N)COC1. The lowest BCUT2D eigenvalue weighted by Gasteiger charge is -2.40. The normalized spacial score (nSPS) is 17.4. The van der Waals surface area contributed by atoms with E-state index in [-0.39, 0.29) is 5.54 Å². The molecular weight excluding hydrogens is 272 g/mol. The Morgan fingerprint density at radius 2 is 1.41 bits per heavy atom. The van der Waals surface area contributed by atoms with Crippen LogP contribution in [0.25, 0.3) is 0 Å². The van der Waals surface area contributed by atoms with Crippen molar-refractivity contribution in [2.75, 3.05) is 13.2 Å². The summed E-state index contributed by atoms with van der Waals surface area (Å²) in [5.74, 6) is 0. The van der Waals surface area contributed by atoms with Crippen molar-refractivity contribution in [3.05, 3.63) is 23.4 Å². The predicted molar refractivity (Wildman–Crippen MR) is 103 cm³/mol. The van der Waals surface area contributed by atoms with Gasteiger partial charge in [-0.1, -0.05) is 67.5 Å². The maximum atomic E-state index is 6.19. The number of allylic oxidation sites excluding steroid dienone is 2. The van der Waals surface area contributed by atoms with Gasteiger partial charge >= 0.3 is 0 Å². The van der Waals surface area contributed by atoms with Gasteiger partial charge in [-0.25, -0.2) is 0 Å². The molecule has 0 aromatic carbocycles. The molecule has 132 valence electrons. The standard InChI is InChI=1S/C11H16N2O.4C2H6/c1-2-13-10-6-4-3-5-9(10)11(12)7-14-8-11;4*1-2/h2,5-6H,3-4,7-8,12H2,1H3;4*1-2H3. The quantitative estimate of drug-likeness (QED) is 0.683. The van der Waals surface area contributed by atoms with Crippen LogP contribution in [0, 0.1) is 0 Å². The Labute approximate surface area is 139 Å². The van der Waals surface area contributed by atoms with Crippen LogP contribution in [0.4, 0.5) is 0 Å². The smallest absolute Gasteiger partial charge is 0.0901 e. The predicted octanol–water partition coefficient (Wildman–Crippen LogP) is 5.51. The fraction of sp³-hybridized carbons (Fsp3) is 0.737. The van der Waals surface area contributed by atoms with Gasteiger partial charge in [-0.2, -0.15) is 0 Å². The lowest BCUT2D eigenvalue weighted by atomic mass is 9.83. The summed E-state index contributed by atoms with van der Waals surface area (Å²) in [5, 5.41) is 0. The molecule has 22 heavy (non-hydrogen) atoms. The first kappa shape index (κ1) is 26.0. The first-order valence-electron chi connectivity index (χ1n) is 9.03. The topological polar surface area (TPSA) is 47.6 Å². The molecule has 0 radical (unpaired) electrons. The Bertz CT molecular complexity index is 313. The Kier molecular flexibility index (Phi) is 21.4. The molecule has 0 bridgehead atoms. The fourth-order valence-electron chi connectivity index (χ4n) is 1.86. The van der Waals surface area contributed by atoms with Crippen LogP contribution in [0.2, 0.25) is 0 Å². The highest BCUT2D eigenvalue weighted by molar-refractivity contribution is 5.58. The number of nitrogens with two attached hydrogens (primary N) is 1. The van der Waals surface area contributed by atoms with Crippen molar-refractivity contribution in [2.45, 2.75) is 80.7 Å². The van der Waals surface area contributed by atoms with E-state index in [1.807, 2.05) is 68.5 Å². The average Bonchev–Trinajstić information content (AvgIpc) is 2.61. The van der Waals surface area contributed by atoms with Crippen molar-refractivity contribution in [1.82, 2.24) is 0 Å². The lowest BCUT2D eigenvalue weighted by molar-refractivity contribution is -0.0331. The zero-order chi connectivity index (χ0) is 18.0. The number of ether oxygens (including phenoxy) is 1. The molecule has 0 atom stereocenters. The van der Waals surface area contributed by atoms with Crippen LogP contribution in [0.1, 0.15) is 75.2 Å². The van der Waals surface area contributed by atoms with Crippen LogP contribution < -0.4 is 5.73 Å². The molecule has 1 saturated heterocycles. The van der Waals surface area contributed by atoms with E-state index in [0.717, 1.165) is 24.1 Å². The van der Waals surface area contributed by atoms with Gasteiger partial charge < -0.3 is 10.5 Å². The number of hydrogen-bond donors (Lipinski definition) is 1. The van der Waals surface area contributed by atoms with Crippen LogP contribution >= 0.6 is 0 Å². The minimum Gasteiger partial charge on any atom is -0.377 e. The maximum Gasteiger partial charge on any atom is 0.0901 e. The number of hydrogen-bond acceptors (Lipinski definition) is 3. The Morgan fingerprint density at radius 3 is 1.77 bits per heavy atom. The van der Waals surface area contributed by atoms with Crippen molar-refractivity contribution in [2.24, 2.45) is 10.7 Å². The van der Waals surface area contributed by atoms with Gasteiger partial charge in [-0.05, 0) is 25.3 Å². The third-order valence-electron chi connectivity index (χ3n) is 2.65. The van der Waals surface area contributed by atoms with E-state index in [0.29, 0.717) is 13.2 Å². The van der Waals surface area contributed by atoms with Gasteiger partial charge in [0, 0.05) is 6.21 Å². The van der Waals surface area contributed by atoms with Gasteiger partial charge in [0.2, 0.25) is 0 Å². The molecule has 3 heteroatoms. The molecule has 0 unspecified atom stereocenters. The Balaban J connectivity index is -0.000000394. The minimum absolute atomic E-state index is 0.279. The third kappa shape index (κ3) is 8.50. The van der Waals surface area contributed by atoms with Crippen molar-refractivity contribution >= 4 is 6.21 Å². The molecule has 1 heterocycles. The first-order chi connectivity index (χ1) is 10.8. The Hall–Kier alpha value is -0.930. The minimum atomic E-state index is -0.279. The van der Waals surface area contributed by atoms with Crippen molar-refractivity contribution in [3.63, 3.8) is 0 Å². The second kappa shape index (κ2) is 18.1. The monoisotopic (exact) mass is 312 g/mol. The van der Waals surface area contributed by atoms with Gasteiger partial charge in [-0.3, -0.25) is 4.99 Å². The molecule has 1 fully saturated rings. The third-order valence-corrected chi connectivity index (χ3v) is 2.65. The van der Waals surface area contributed by atoms with E-state index < -0.39 is 0 Å². The zero-order valence-electron chi connectivity index (χ0n) is 16.5. The zero-order valence-corrected chi connectivity index (χ0v) is 16.5. The summed E-state index contributed by atoms with van der Waals surface area (Å²) >= 11 is 0. The van der Waals surface area contributed by atoms with E-state index >= 15 is 0 Å². The summed E-state index contributed by atoms with van der Waals surface area (Å²) in [6.07, 6.45) is 8.30. The molecule has 1 aliphatic carbocycles. The van der Waals surface area contributed by atoms with Crippen molar-refractivity contribution in [3.8, 4) is 0 Å². The molecule has 0 saturated carbocycles. The molecule has 2 N–H and O–H groups in total. The summed E-state index contributed by atoms with van der Waals surface area (Å²) < 4.78 is 5.17. The summed E-state index contributed by atoms with van der Waals surface area (Å²) in [5.41, 5.74) is 8.10. The van der Waals surface area contributed by atoms with E-state index in [2.05, 4.69) is 17.1 Å². The van der Waals surface area contributed by atoms with Crippen LogP contribution in [-0.2, 0) is 4.74 Å². The Morgan fingerprint density at radius 1 is 0.955 bits per heavy atom. The molecule has 1 aliphatic heterocycles. The average molecular weight is 313 g/mol. The van der Waals surface area contributed by atoms with Crippen molar-refractivity contribution in [1.29, 1.82) is 0 Å². The molecule has 0 aromatic heterocycles. The number of rotatable bonds is 2. The van der Waals surface area contributed by atoms with Gasteiger partial charge in [0.1, 0.15) is 0 Å². The van der Waals surface area contributed by atoms with Crippen LogP contribution in [0.3, 0.4) is 0 Å². The lowest BCUT2D eigenvalue weighted by Crippen LogP contribution is -2.59.